The van der Waals surface area contributed by atoms with Crippen LogP contribution < -0.4 is 15.5 Å². The maximum absolute atomic E-state index is 13.6. The van der Waals surface area contributed by atoms with Gasteiger partial charge in [-0.3, -0.25) is 14.4 Å². The first-order chi connectivity index (χ1) is 20.5. The summed E-state index contributed by atoms with van der Waals surface area (Å²) < 4.78 is 7.03. The van der Waals surface area contributed by atoms with Gasteiger partial charge < -0.3 is 20.3 Å². The van der Waals surface area contributed by atoms with Gasteiger partial charge in [0.15, 0.2) is 5.82 Å². The predicted octanol–water partition coefficient (Wildman–Crippen LogP) is 2.96. The number of pyridine rings is 1. The highest BCUT2D eigenvalue weighted by Crippen LogP contribution is 2.25. The van der Waals surface area contributed by atoms with Crippen molar-refractivity contribution in [3.05, 3.63) is 96.3 Å². The first-order valence-electron chi connectivity index (χ1n) is 14.2. The van der Waals surface area contributed by atoms with Gasteiger partial charge >= 0.3 is 0 Å². The topological polar surface area (TPSA) is 118 Å². The summed E-state index contributed by atoms with van der Waals surface area (Å²) in [7, 11) is 0. The Hall–Kier alpha value is -4.83. The van der Waals surface area contributed by atoms with Crippen molar-refractivity contribution in [2.45, 2.75) is 31.3 Å². The predicted molar refractivity (Wildman–Crippen MR) is 157 cm³/mol. The van der Waals surface area contributed by atoms with Gasteiger partial charge in [-0.1, -0.05) is 42.5 Å². The van der Waals surface area contributed by atoms with Gasteiger partial charge in [-0.2, -0.15) is 5.10 Å². The molecule has 2 aromatic carbocycles. The first kappa shape index (κ1) is 27.3. The van der Waals surface area contributed by atoms with Crippen molar-refractivity contribution in [3.8, 4) is 17.1 Å². The molecule has 0 unspecified atom stereocenters. The molecule has 2 aliphatic rings. The SMILES string of the molecule is O=C(NC1CC1)C(=O)[C@H](Cc1ccccc1)NC(=O)c1cccnc1-n1ccc(-c2cccc(N3CCOCC3)c2)n1. The van der Waals surface area contributed by atoms with E-state index in [0.717, 1.165) is 48.4 Å². The average molecular weight is 565 g/mol. The second kappa shape index (κ2) is 12.4. The summed E-state index contributed by atoms with van der Waals surface area (Å²) in [5, 5.41) is 10.3. The molecule has 0 radical (unpaired) electrons. The van der Waals surface area contributed by atoms with Gasteiger partial charge in [0.1, 0.15) is 6.04 Å². The Morgan fingerprint density at radius 1 is 0.952 bits per heavy atom. The van der Waals surface area contributed by atoms with Crippen molar-refractivity contribution in [2.75, 3.05) is 31.2 Å². The molecular formula is C32H32N6O4. The van der Waals surface area contributed by atoms with Crippen LogP contribution in [0.2, 0.25) is 0 Å². The number of ketones is 1. The Labute approximate surface area is 243 Å². The van der Waals surface area contributed by atoms with Gasteiger partial charge in [-0.15, -0.1) is 0 Å². The number of rotatable bonds is 10. The first-order valence-corrected chi connectivity index (χ1v) is 14.2. The summed E-state index contributed by atoms with van der Waals surface area (Å²) >= 11 is 0. The van der Waals surface area contributed by atoms with Crippen LogP contribution in [-0.2, 0) is 20.7 Å². The van der Waals surface area contributed by atoms with E-state index in [-0.39, 0.29) is 18.0 Å². The minimum Gasteiger partial charge on any atom is -0.378 e. The smallest absolute Gasteiger partial charge is 0.289 e. The van der Waals surface area contributed by atoms with Crippen LogP contribution in [0, 0.1) is 0 Å². The molecule has 2 fully saturated rings. The third-order valence-electron chi connectivity index (χ3n) is 7.40. The van der Waals surface area contributed by atoms with E-state index in [9.17, 15) is 14.4 Å². The Morgan fingerprint density at radius 2 is 1.76 bits per heavy atom. The number of aromatic nitrogens is 3. The van der Waals surface area contributed by atoms with Gasteiger partial charge in [0.05, 0.1) is 24.5 Å². The van der Waals surface area contributed by atoms with Crippen LogP contribution in [0.15, 0.2) is 85.2 Å². The zero-order chi connectivity index (χ0) is 28.9. The normalized spacial score (nSPS) is 15.6. The maximum atomic E-state index is 13.6. The van der Waals surface area contributed by atoms with Crippen molar-refractivity contribution in [1.82, 2.24) is 25.4 Å². The van der Waals surface area contributed by atoms with Crippen LogP contribution in [0.1, 0.15) is 28.8 Å². The number of hydrogen-bond donors (Lipinski definition) is 2. The number of carbonyl (C=O) groups excluding carboxylic acids is 3. The molecule has 0 bridgehead atoms. The van der Waals surface area contributed by atoms with E-state index in [1.165, 1.54) is 0 Å². The summed E-state index contributed by atoms with van der Waals surface area (Å²) in [5.41, 5.74) is 3.84. The van der Waals surface area contributed by atoms with Gasteiger partial charge in [0.25, 0.3) is 11.8 Å². The summed E-state index contributed by atoms with van der Waals surface area (Å²) in [6, 6.07) is 21.6. The van der Waals surface area contributed by atoms with Crippen molar-refractivity contribution in [1.29, 1.82) is 0 Å². The highest BCUT2D eigenvalue weighted by atomic mass is 16.5. The fourth-order valence-electron chi connectivity index (χ4n) is 4.97. The molecule has 1 saturated carbocycles. The summed E-state index contributed by atoms with van der Waals surface area (Å²) in [4.78, 5) is 46.1. The van der Waals surface area contributed by atoms with Crippen molar-refractivity contribution < 1.29 is 19.1 Å². The minimum atomic E-state index is -1.04. The number of Topliss-reactive ketones (excluding diaryl/α,β-unsaturated/α-hetero) is 1. The number of morpholine rings is 1. The average Bonchev–Trinajstić information content (AvgIpc) is 3.72. The van der Waals surface area contributed by atoms with Gasteiger partial charge in [0.2, 0.25) is 5.78 Å². The lowest BCUT2D eigenvalue weighted by Crippen LogP contribution is -2.49. The second-order valence-electron chi connectivity index (χ2n) is 10.5. The monoisotopic (exact) mass is 564 g/mol. The van der Waals surface area contributed by atoms with Crippen LogP contribution in [0.25, 0.3) is 17.1 Å². The van der Waals surface area contributed by atoms with E-state index in [4.69, 9.17) is 9.84 Å². The zero-order valence-corrected chi connectivity index (χ0v) is 23.1. The third kappa shape index (κ3) is 6.39. The van der Waals surface area contributed by atoms with E-state index < -0.39 is 23.6 Å². The molecule has 1 aliphatic heterocycles. The van der Waals surface area contributed by atoms with Crippen LogP contribution in [0.5, 0.6) is 0 Å². The van der Waals surface area contributed by atoms with E-state index in [1.54, 1.807) is 29.2 Å². The van der Waals surface area contributed by atoms with Gasteiger partial charge in [-0.25, -0.2) is 9.67 Å². The molecule has 42 heavy (non-hydrogen) atoms. The highest BCUT2D eigenvalue weighted by Gasteiger charge is 2.32. The number of ether oxygens (including phenoxy) is 1. The summed E-state index contributed by atoms with van der Waals surface area (Å²) in [6.45, 7) is 3.07. The highest BCUT2D eigenvalue weighted by molar-refractivity contribution is 6.38. The number of hydrogen-bond acceptors (Lipinski definition) is 7. The lowest BCUT2D eigenvalue weighted by molar-refractivity contribution is -0.139. The molecule has 2 amide bonds. The fourth-order valence-corrected chi connectivity index (χ4v) is 4.97. The molecule has 1 aliphatic carbocycles. The van der Waals surface area contributed by atoms with Gasteiger partial charge in [0, 0.05) is 49.2 Å². The molecule has 2 N–H and O–H groups in total. The molecule has 1 atom stereocenters. The van der Waals surface area contributed by atoms with E-state index in [1.807, 2.05) is 48.5 Å². The maximum Gasteiger partial charge on any atom is 0.289 e. The van der Waals surface area contributed by atoms with Crippen LogP contribution in [-0.4, -0.2) is 70.7 Å². The molecule has 2 aromatic heterocycles. The second-order valence-corrected chi connectivity index (χ2v) is 10.5. The molecule has 4 aromatic rings. The molecule has 3 heterocycles. The van der Waals surface area contributed by atoms with Crippen molar-refractivity contribution in [2.24, 2.45) is 0 Å². The molecule has 6 rings (SSSR count). The number of carbonyl (C=O) groups is 3. The molecule has 10 heteroatoms. The zero-order valence-electron chi connectivity index (χ0n) is 23.1. The van der Waals surface area contributed by atoms with E-state index in [0.29, 0.717) is 19.0 Å². The number of anilines is 1. The molecule has 1 saturated heterocycles. The molecule has 10 nitrogen and oxygen atoms in total. The van der Waals surface area contributed by atoms with Crippen LogP contribution in [0.3, 0.4) is 0 Å². The van der Waals surface area contributed by atoms with Gasteiger partial charge in [-0.05, 0) is 48.7 Å². The molecular weight excluding hydrogens is 532 g/mol. The molecule has 214 valence electrons. The lowest BCUT2D eigenvalue weighted by atomic mass is 10.0. The Balaban J connectivity index is 1.23. The van der Waals surface area contributed by atoms with Crippen LogP contribution >= 0.6 is 0 Å². The minimum absolute atomic E-state index is 0.0306. The Bertz CT molecular complexity index is 1580. The van der Waals surface area contributed by atoms with Crippen molar-refractivity contribution >= 4 is 23.3 Å². The lowest BCUT2D eigenvalue weighted by Gasteiger charge is -2.29. The number of amides is 2. The summed E-state index contributed by atoms with van der Waals surface area (Å²) in [6.07, 6.45) is 5.24. The largest absolute Gasteiger partial charge is 0.378 e. The van der Waals surface area contributed by atoms with Crippen LogP contribution in [0.4, 0.5) is 5.69 Å². The van der Waals surface area contributed by atoms with E-state index in [2.05, 4.69) is 32.7 Å². The van der Waals surface area contributed by atoms with E-state index >= 15 is 0 Å². The van der Waals surface area contributed by atoms with Crippen molar-refractivity contribution in [3.63, 3.8) is 0 Å². The quantitative estimate of drug-likeness (QED) is 0.284. The number of nitrogens with zero attached hydrogens (tertiary/aromatic N) is 4. The third-order valence-corrected chi connectivity index (χ3v) is 7.40. The Kier molecular flexibility index (Phi) is 8.05. The Morgan fingerprint density at radius 3 is 2.55 bits per heavy atom. The molecule has 0 spiro atoms. The number of nitrogens with one attached hydrogen (secondary N) is 2. The summed E-state index contributed by atoms with van der Waals surface area (Å²) in [5.74, 6) is -1.55. The fraction of sp³-hybridized carbons (Fsp3) is 0.281. The number of benzene rings is 2. The standard InChI is InChI=1S/C32H32N6O4/c39-29(32(41)34-24-11-12-24)28(20-22-6-2-1-3-7-22)35-31(40)26-10-5-14-33-30(26)38-15-13-27(36-38)23-8-4-9-25(21-23)37-16-18-42-19-17-37/h1-10,13-15,21,24,28H,11-12,16-20H2,(H,34,41)(H,35,40)/t28-/m0/s1.